The fourth-order valence-corrected chi connectivity index (χ4v) is 2.72. The third kappa shape index (κ3) is 3.99. The molecule has 9 heteroatoms. The van der Waals surface area contributed by atoms with Gasteiger partial charge in [0.15, 0.2) is 0 Å². The third-order valence-electron chi connectivity index (χ3n) is 4.05. The molecule has 1 fully saturated rings. The molecule has 0 bridgehead atoms. The van der Waals surface area contributed by atoms with E-state index in [1.807, 2.05) is 17.0 Å². The van der Waals surface area contributed by atoms with Crippen molar-refractivity contribution in [3.05, 3.63) is 46.5 Å². The van der Waals surface area contributed by atoms with Gasteiger partial charge >= 0.3 is 5.82 Å². The zero-order valence-electron chi connectivity index (χ0n) is 13.2. The van der Waals surface area contributed by atoms with Crippen molar-refractivity contribution in [2.45, 2.75) is 19.5 Å². The van der Waals surface area contributed by atoms with Gasteiger partial charge in [-0.2, -0.15) is 4.68 Å². The van der Waals surface area contributed by atoms with E-state index in [1.165, 1.54) is 16.9 Å². The van der Waals surface area contributed by atoms with Crippen LogP contribution in [0.4, 0.5) is 5.82 Å². The molecule has 3 heterocycles. The molecule has 0 N–H and O–H groups in total. The van der Waals surface area contributed by atoms with Gasteiger partial charge < -0.3 is 19.4 Å². The Kier molecular flexibility index (Phi) is 4.90. The Bertz CT molecular complexity index is 689. The highest BCUT2D eigenvalue weighted by Crippen LogP contribution is 2.11. The molecule has 9 nitrogen and oxygen atoms in total. The van der Waals surface area contributed by atoms with Gasteiger partial charge in [-0.1, -0.05) is 0 Å². The molecule has 0 aromatic carbocycles. The molecule has 3 rings (SSSR count). The minimum absolute atomic E-state index is 0.0470. The summed E-state index contributed by atoms with van der Waals surface area (Å²) >= 11 is 0. The molecule has 1 amide bonds. The van der Waals surface area contributed by atoms with Crippen LogP contribution in [0.3, 0.4) is 0 Å². The molecular formula is C15H19N5O4. The maximum atomic E-state index is 12.2. The SMILES string of the molecule is O=C(CCn1ccc([N+](=O)[O-])n1)N1CCN(Cc2ccco2)CC1. The third-order valence-corrected chi connectivity index (χ3v) is 4.05. The number of nitro groups is 1. The topological polar surface area (TPSA) is 97.6 Å². The predicted octanol–water partition coefficient (Wildman–Crippen LogP) is 1.12. The van der Waals surface area contributed by atoms with Gasteiger partial charge in [0, 0.05) is 32.6 Å². The van der Waals surface area contributed by atoms with Crippen LogP contribution in [0.1, 0.15) is 12.2 Å². The second kappa shape index (κ2) is 7.26. The lowest BCUT2D eigenvalue weighted by atomic mass is 10.2. The number of amides is 1. The lowest BCUT2D eigenvalue weighted by molar-refractivity contribution is -0.389. The monoisotopic (exact) mass is 333 g/mol. The van der Waals surface area contributed by atoms with Crippen LogP contribution < -0.4 is 0 Å². The lowest BCUT2D eigenvalue weighted by Crippen LogP contribution is -2.48. The maximum Gasteiger partial charge on any atom is 0.389 e. The van der Waals surface area contributed by atoms with Gasteiger partial charge in [-0.15, -0.1) is 0 Å². The van der Waals surface area contributed by atoms with Crippen molar-refractivity contribution >= 4 is 11.7 Å². The number of furan rings is 1. The van der Waals surface area contributed by atoms with E-state index < -0.39 is 4.92 Å². The molecule has 0 unspecified atom stereocenters. The number of aryl methyl sites for hydroxylation is 1. The van der Waals surface area contributed by atoms with E-state index in [0.717, 1.165) is 25.4 Å². The second-order valence-corrected chi connectivity index (χ2v) is 5.68. The standard InChI is InChI=1S/C15H19N5O4/c21-15(4-6-19-5-3-14(16-19)20(22)23)18-9-7-17(8-10-18)12-13-2-1-11-24-13/h1-3,5,11H,4,6-10,12H2. The molecule has 0 spiro atoms. The van der Waals surface area contributed by atoms with Gasteiger partial charge in [0.1, 0.15) is 5.76 Å². The normalized spacial score (nSPS) is 15.6. The van der Waals surface area contributed by atoms with Crippen LogP contribution in [-0.4, -0.2) is 56.6 Å². The summed E-state index contributed by atoms with van der Waals surface area (Å²) in [6.07, 6.45) is 3.47. The van der Waals surface area contributed by atoms with E-state index in [2.05, 4.69) is 10.00 Å². The molecule has 1 saturated heterocycles. The van der Waals surface area contributed by atoms with Crippen molar-refractivity contribution in [1.29, 1.82) is 0 Å². The fraction of sp³-hybridized carbons (Fsp3) is 0.467. The molecule has 24 heavy (non-hydrogen) atoms. The summed E-state index contributed by atoms with van der Waals surface area (Å²) in [6.45, 7) is 4.07. The van der Waals surface area contributed by atoms with Crippen LogP contribution in [-0.2, 0) is 17.9 Å². The Labute approximate surface area is 138 Å². The van der Waals surface area contributed by atoms with Crippen molar-refractivity contribution in [3.63, 3.8) is 0 Å². The summed E-state index contributed by atoms with van der Waals surface area (Å²) in [4.78, 5) is 26.4. The van der Waals surface area contributed by atoms with E-state index in [4.69, 9.17) is 4.42 Å². The van der Waals surface area contributed by atoms with Gasteiger partial charge in [-0.25, -0.2) is 0 Å². The summed E-state index contributed by atoms with van der Waals surface area (Å²) in [7, 11) is 0. The van der Waals surface area contributed by atoms with E-state index >= 15 is 0 Å². The molecule has 128 valence electrons. The lowest BCUT2D eigenvalue weighted by Gasteiger charge is -2.34. The first-order chi connectivity index (χ1) is 11.6. The number of rotatable bonds is 6. The van der Waals surface area contributed by atoms with Crippen molar-refractivity contribution in [2.24, 2.45) is 0 Å². The van der Waals surface area contributed by atoms with Crippen molar-refractivity contribution in [2.75, 3.05) is 26.2 Å². The van der Waals surface area contributed by atoms with Gasteiger partial charge in [0.2, 0.25) is 5.91 Å². The Morgan fingerprint density at radius 2 is 2.08 bits per heavy atom. The molecule has 1 aliphatic rings. The number of piperazine rings is 1. The van der Waals surface area contributed by atoms with Crippen molar-refractivity contribution in [3.8, 4) is 0 Å². The second-order valence-electron chi connectivity index (χ2n) is 5.68. The highest BCUT2D eigenvalue weighted by atomic mass is 16.6. The molecule has 2 aromatic heterocycles. The molecule has 0 saturated carbocycles. The zero-order chi connectivity index (χ0) is 16.9. The minimum Gasteiger partial charge on any atom is -0.468 e. The van der Waals surface area contributed by atoms with Crippen LogP contribution in [0, 0.1) is 10.1 Å². The number of carbonyl (C=O) groups is 1. The first-order valence-corrected chi connectivity index (χ1v) is 7.82. The van der Waals surface area contributed by atoms with Crippen molar-refractivity contribution < 1.29 is 14.1 Å². The quantitative estimate of drug-likeness (QED) is 0.580. The summed E-state index contributed by atoms with van der Waals surface area (Å²) in [5.74, 6) is 0.773. The van der Waals surface area contributed by atoms with Crippen molar-refractivity contribution in [1.82, 2.24) is 19.6 Å². The Balaban J connectivity index is 1.42. The summed E-state index contributed by atoms with van der Waals surface area (Å²) in [6, 6.07) is 5.15. The number of aromatic nitrogens is 2. The zero-order valence-corrected chi connectivity index (χ0v) is 13.2. The van der Waals surface area contributed by atoms with Crippen LogP contribution >= 0.6 is 0 Å². The maximum absolute atomic E-state index is 12.2. The highest BCUT2D eigenvalue weighted by molar-refractivity contribution is 5.76. The molecular weight excluding hydrogens is 314 g/mol. The predicted molar refractivity (Wildman–Crippen MR) is 84.1 cm³/mol. The Morgan fingerprint density at radius 3 is 2.71 bits per heavy atom. The molecule has 2 aromatic rings. The van der Waals surface area contributed by atoms with E-state index in [9.17, 15) is 14.9 Å². The minimum atomic E-state index is -0.545. The van der Waals surface area contributed by atoms with Gasteiger partial charge in [-0.05, 0) is 17.1 Å². The average molecular weight is 333 g/mol. The summed E-state index contributed by atoms with van der Waals surface area (Å²) < 4.78 is 6.77. The fourth-order valence-electron chi connectivity index (χ4n) is 2.72. The van der Waals surface area contributed by atoms with Gasteiger partial charge in [0.25, 0.3) is 0 Å². The number of nitrogens with zero attached hydrogens (tertiary/aromatic N) is 5. The van der Waals surface area contributed by atoms with E-state index in [1.54, 1.807) is 6.26 Å². The van der Waals surface area contributed by atoms with Crippen LogP contribution in [0.2, 0.25) is 0 Å². The molecule has 1 aliphatic heterocycles. The number of carbonyl (C=O) groups excluding carboxylic acids is 1. The molecule has 0 radical (unpaired) electrons. The Hall–Kier alpha value is -2.68. The first kappa shape index (κ1) is 16.2. The highest BCUT2D eigenvalue weighted by Gasteiger charge is 2.22. The Morgan fingerprint density at radius 1 is 1.29 bits per heavy atom. The smallest absolute Gasteiger partial charge is 0.389 e. The number of hydrogen-bond donors (Lipinski definition) is 0. The largest absolute Gasteiger partial charge is 0.468 e. The average Bonchev–Trinajstić information content (AvgIpc) is 3.25. The summed E-state index contributed by atoms with van der Waals surface area (Å²) in [5, 5.41) is 14.4. The van der Waals surface area contributed by atoms with Crippen LogP contribution in [0.5, 0.6) is 0 Å². The van der Waals surface area contributed by atoms with E-state index in [0.29, 0.717) is 19.6 Å². The molecule has 0 atom stereocenters. The summed E-state index contributed by atoms with van der Waals surface area (Å²) in [5.41, 5.74) is 0. The molecule has 0 aliphatic carbocycles. The first-order valence-electron chi connectivity index (χ1n) is 7.82. The van der Waals surface area contributed by atoms with Crippen LogP contribution in [0.25, 0.3) is 0 Å². The number of hydrogen-bond acceptors (Lipinski definition) is 6. The van der Waals surface area contributed by atoms with E-state index in [-0.39, 0.29) is 18.1 Å². The van der Waals surface area contributed by atoms with Crippen LogP contribution in [0.15, 0.2) is 35.1 Å². The van der Waals surface area contributed by atoms with Gasteiger partial charge in [-0.3, -0.25) is 9.69 Å². The van der Waals surface area contributed by atoms with Gasteiger partial charge in [0.05, 0.1) is 36.7 Å².